The quantitative estimate of drug-likeness (QED) is 0.711. The van der Waals surface area contributed by atoms with Crippen molar-refractivity contribution in [3.63, 3.8) is 0 Å². The lowest BCUT2D eigenvalue weighted by molar-refractivity contribution is -0.146. The van der Waals surface area contributed by atoms with Crippen LogP contribution in [0.25, 0.3) is 5.69 Å². The molecule has 0 radical (unpaired) electrons. The maximum Gasteiger partial charge on any atom is 0.310 e. The predicted molar refractivity (Wildman–Crippen MR) is 110 cm³/mol. The van der Waals surface area contributed by atoms with Crippen LogP contribution >= 0.6 is 0 Å². The number of halogens is 1. The van der Waals surface area contributed by atoms with E-state index in [0.717, 1.165) is 25.0 Å². The Morgan fingerprint density at radius 3 is 2.77 bits per heavy atom. The van der Waals surface area contributed by atoms with Crippen molar-refractivity contribution in [1.29, 1.82) is 5.26 Å². The van der Waals surface area contributed by atoms with Crippen LogP contribution in [0.1, 0.15) is 36.1 Å². The lowest BCUT2D eigenvalue weighted by atomic mass is 10.0. The zero-order chi connectivity index (χ0) is 21.8. The van der Waals surface area contributed by atoms with Gasteiger partial charge in [0.25, 0.3) is 0 Å². The molecular weight excluding hydrogens is 387 g/mol. The number of anilines is 1. The third kappa shape index (κ3) is 4.21. The number of methoxy groups -OCH3 is 1. The van der Waals surface area contributed by atoms with Gasteiger partial charge in [-0.2, -0.15) is 5.26 Å². The van der Waals surface area contributed by atoms with Gasteiger partial charge in [-0.1, -0.05) is 12.5 Å². The number of benzene rings is 1. The van der Waals surface area contributed by atoms with Gasteiger partial charge in [-0.05, 0) is 50.5 Å². The molecule has 158 valence electrons. The number of aromatic nitrogens is 1. The Morgan fingerprint density at radius 1 is 1.33 bits per heavy atom. The average molecular weight is 412 g/mol. The molecule has 1 fully saturated rings. The van der Waals surface area contributed by atoms with Crippen LogP contribution in [-0.2, 0) is 14.3 Å². The zero-order valence-electron chi connectivity index (χ0n) is 17.3. The van der Waals surface area contributed by atoms with Gasteiger partial charge >= 0.3 is 5.97 Å². The Bertz CT molecular complexity index is 1010. The molecule has 1 aliphatic carbocycles. The van der Waals surface area contributed by atoms with E-state index < -0.39 is 5.82 Å². The monoisotopic (exact) mass is 412 g/mol. The van der Waals surface area contributed by atoms with E-state index in [1.54, 1.807) is 23.6 Å². The molecule has 1 aromatic heterocycles. The third-order valence-corrected chi connectivity index (χ3v) is 5.69. The topological polar surface area (TPSA) is 96.2 Å². The van der Waals surface area contributed by atoms with Crippen molar-refractivity contribution in [3.05, 3.63) is 46.9 Å². The Kier molecular flexibility index (Phi) is 6.53. The molecule has 0 saturated heterocycles. The highest BCUT2D eigenvalue weighted by Gasteiger charge is 2.33. The van der Waals surface area contributed by atoms with Crippen molar-refractivity contribution in [3.8, 4) is 11.8 Å². The molecule has 1 aliphatic rings. The number of hydrogen-bond acceptors (Lipinski definition) is 5. The lowest BCUT2D eigenvalue weighted by Crippen LogP contribution is -2.41. The first-order valence-electron chi connectivity index (χ1n) is 9.86. The maximum absolute atomic E-state index is 13.8. The van der Waals surface area contributed by atoms with Crippen molar-refractivity contribution in [2.24, 2.45) is 5.92 Å². The zero-order valence-corrected chi connectivity index (χ0v) is 17.3. The fourth-order valence-electron chi connectivity index (χ4n) is 4.04. The van der Waals surface area contributed by atoms with E-state index in [4.69, 9.17) is 4.74 Å². The second-order valence-electron chi connectivity index (χ2n) is 7.46. The summed E-state index contributed by atoms with van der Waals surface area (Å²) in [4.78, 5) is 24.5. The lowest BCUT2D eigenvalue weighted by Gasteiger charge is -2.19. The SMILES string of the molecule is COC(=O)C1CCCC1NCC(=O)Nc1c(C#N)c(C)c(C)n1-c1cccc(F)c1. The molecule has 0 bridgehead atoms. The molecule has 1 saturated carbocycles. The molecule has 0 spiro atoms. The van der Waals surface area contributed by atoms with Crippen molar-refractivity contribution in [1.82, 2.24) is 9.88 Å². The summed E-state index contributed by atoms with van der Waals surface area (Å²) in [6.45, 7) is 3.58. The van der Waals surface area contributed by atoms with E-state index in [-0.39, 0.29) is 30.4 Å². The van der Waals surface area contributed by atoms with E-state index >= 15 is 0 Å². The smallest absolute Gasteiger partial charge is 0.310 e. The Hall–Kier alpha value is -3.18. The van der Waals surface area contributed by atoms with E-state index in [0.29, 0.717) is 22.6 Å². The first kappa shape index (κ1) is 21.5. The largest absolute Gasteiger partial charge is 0.469 e. The number of carbonyl (C=O) groups excluding carboxylic acids is 2. The highest BCUT2D eigenvalue weighted by atomic mass is 19.1. The van der Waals surface area contributed by atoms with Gasteiger partial charge in [0, 0.05) is 11.7 Å². The van der Waals surface area contributed by atoms with Crippen LogP contribution in [0.4, 0.5) is 10.2 Å². The van der Waals surface area contributed by atoms with E-state index in [2.05, 4.69) is 16.7 Å². The molecular formula is C22H25FN4O3. The molecule has 30 heavy (non-hydrogen) atoms. The summed E-state index contributed by atoms with van der Waals surface area (Å²) in [6, 6.07) is 7.97. The number of rotatable bonds is 6. The molecule has 2 atom stereocenters. The number of esters is 1. The van der Waals surface area contributed by atoms with Crippen molar-refractivity contribution in [2.75, 3.05) is 19.0 Å². The highest BCUT2D eigenvalue weighted by molar-refractivity contribution is 5.93. The number of amides is 1. The minimum atomic E-state index is -0.411. The molecule has 7 nitrogen and oxygen atoms in total. The fraction of sp³-hybridized carbons (Fsp3) is 0.409. The third-order valence-electron chi connectivity index (χ3n) is 5.69. The molecule has 2 unspecified atom stereocenters. The van der Waals surface area contributed by atoms with Gasteiger partial charge in [-0.3, -0.25) is 14.2 Å². The summed E-state index contributed by atoms with van der Waals surface area (Å²) in [5, 5.41) is 15.5. The van der Waals surface area contributed by atoms with E-state index in [1.165, 1.54) is 19.2 Å². The number of nitriles is 1. The number of nitrogens with one attached hydrogen (secondary N) is 2. The summed E-state index contributed by atoms with van der Waals surface area (Å²) >= 11 is 0. The van der Waals surface area contributed by atoms with Crippen molar-refractivity contribution >= 4 is 17.7 Å². The molecule has 1 heterocycles. The van der Waals surface area contributed by atoms with Gasteiger partial charge in [0.05, 0.1) is 30.8 Å². The summed E-state index contributed by atoms with van der Waals surface area (Å²) in [7, 11) is 1.36. The summed E-state index contributed by atoms with van der Waals surface area (Å²) in [6.07, 6.45) is 2.40. The van der Waals surface area contributed by atoms with Crippen molar-refractivity contribution in [2.45, 2.75) is 39.2 Å². The van der Waals surface area contributed by atoms with Gasteiger partial charge < -0.3 is 15.4 Å². The van der Waals surface area contributed by atoms with Gasteiger partial charge in [0.2, 0.25) is 5.91 Å². The van der Waals surface area contributed by atoms with Crippen LogP contribution in [0.2, 0.25) is 0 Å². The van der Waals surface area contributed by atoms with Crippen LogP contribution < -0.4 is 10.6 Å². The minimum absolute atomic E-state index is 0.0184. The number of nitrogens with zero attached hydrogens (tertiary/aromatic N) is 2. The maximum atomic E-state index is 13.8. The van der Waals surface area contributed by atoms with Crippen LogP contribution in [0.15, 0.2) is 24.3 Å². The summed E-state index contributed by atoms with van der Waals surface area (Å²) in [5.41, 5.74) is 2.30. The van der Waals surface area contributed by atoms with E-state index in [9.17, 15) is 19.2 Å². The standard InChI is InChI=1S/C22H25FN4O3/c1-13-14(2)27(16-7-4-6-15(23)10-16)21(18(13)11-24)26-20(28)12-25-19-9-5-8-17(19)22(29)30-3/h4,6-7,10,17,19,25H,5,8-9,12H2,1-3H3,(H,26,28). The van der Waals surface area contributed by atoms with E-state index in [1.807, 2.05) is 6.92 Å². The molecule has 8 heteroatoms. The highest BCUT2D eigenvalue weighted by Crippen LogP contribution is 2.30. The predicted octanol–water partition coefficient (Wildman–Crippen LogP) is 2.97. The van der Waals surface area contributed by atoms with Gasteiger partial charge in [-0.15, -0.1) is 0 Å². The second-order valence-corrected chi connectivity index (χ2v) is 7.46. The summed E-state index contributed by atoms with van der Waals surface area (Å²) < 4.78 is 20.3. The van der Waals surface area contributed by atoms with Gasteiger partial charge in [-0.25, -0.2) is 4.39 Å². The molecule has 1 aromatic carbocycles. The average Bonchev–Trinajstić information content (AvgIpc) is 3.29. The molecule has 1 amide bonds. The van der Waals surface area contributed by atoms with Crippen LogP contribution in [0.3, 0.4) is 0 Å². The van der Waals surface area contributed by atoms with Gasteiger partial charge in [0.1, 0.15) is 17.7 Å². The molecule has 2 aromatic rings. The van der Waals surface area contributed by atoms with Crippen LogP contribution in [-0.4, -0.2) is 36.1 Å². The molecule has 2 N–H and O–H groups in total. The normalized spacial score (nSPS) is 18.1. The molecule has 0 aliphatic heterocycles. The van der Waals surface area contributed by atoms with Crippen molar-refractivity contribution < 1.29 is 18.7 Å². The van der Waals surface area contributed by atoms with Gasteiger partial charge in [0.15, 0.2) is 0 Å². The van der Waals surface area contributed by atoms with Crippen LogP contribution in [0, 0.1) is 36.9 Å². The second kappa shape index (κ2) is 9.09. The number of ether oxygens (including phenoxy) is 1. The first-order valence-corrected chi connectivity index (χ1v) is 9.86. The first-order chi connectivity index (χ1) is 14.4. The number of carbonyl (C=O) groups is 2. The Morgan fingerprint density at radius 2 is 2.10 bits per heavy atom. The Labute approximate surface area is 174 Å². The Balaban J connectivity index is 1.81. The molecule has 3 rings (SSSR count). The number of hydrogen-bond donors (Lipinski definition) is 2. The summed E-state index contributed by atoms with van der Waals surface area (Å²) in [5.74, 6) is -0.995. The fourth-order valence-corrected chi connectivity index (χ4v) is 4.04. The minimum Gasteiger partial charge on any atom is -0.469 e. The van der Waals surface area contributed by atoms with Crippen LogP contribution in [0.5, 0.6) is 0 Å².